The second-order valence-corrected chi connectivity index (χ2v) is 17.6. The van der Waals surface area contributed by atoms with E-state index in [0.29, 0.717) is 28.6 Å². The van der Waals surface area contributed by atoms with Crippen LogP contribution in [0.25, 0.3) is 22.1 Å². The van der Waals surface area contributed by atoms with Crippen molar-refractivity contribution in [3.8, 4) is 0 Å². The number of nitrogens with zero attached hydrogens (tertiary/aromatic N) is 10. The number of aromatic nitrogens is 8. The molecule has 6 heterocycles. The highest BCUT2D eigenvalue weighted by molar-refractivity contribution is 9.10. The molecule has 0 fully saturated rings. The number of nitrogens with one attached hydrogen (secondary N) is 3. The van der Waals surface area contributed by atoms with Crippen molar-refractivity contribution >= 4 is 94.7 Å². The van der Waals surface area contributed by atoms with Gasteiger partial charge >= 0.3 is 0 Å². The van der Waals surface area contributed by atoms with Gasteiger partial charge in [0.05, 0.1) is 22.2 Å². The largest absolute Gasteiger partial charge is 0.354 e. The molecule has 2 aliphatic rings. The molecular formula is C42H53Br2ClN14O2. The Kier molecular flexibility index (Phi) is 15.8. The molecule has 0 aliphatic carbocycles. The molecule has 6 aromatic rings. The number of hydrogen-bond donors (Lipinski definition) is 4. The van der Waals surface area contributed by atoms with E-state index in [0.717, 1.165) is 107 Å². The number of carbonyl (C=O) groups is 2. The Morgan fingerprint density at radius 1 is 0.738 bits per heavy atom. The van der Waals surface area contributed by atoms with Crippen LogP contribution in [0.1, 0.15) is 73.9 Å². The van der Waals surface area contributed by atoms with Gasteiger partial charge in [-0.2, -0.15) is 20.2 Å². The van der Waals surface area contributed by atoms with E-state index in [-0.39, 0.29) is 17.1 Å². The van der Waals surface area contributed by atoms with Gasteiger partial charge in [-0.3, -0.25) is 19.0 Å². The lowest BCUT2D eigenvalue weighted by molar-refractivity contribution is -0.117. The van der Waals surface area contributed by atoms with Crippen LogP contribution < -0.4 is 21.7 Å². The van der Waals surface area contributed by atoms with Crippen LogP contribution in [0.2, 0.25) is 5.28 Å². The highest BCUT2D eigenvalue weighted by atomic mass is 79.9. The third-order valence-electron chi connectivity index (χ3n) is 9.90. The highest BCUT2D eigenvalue weighted by Crippen LogP contribution is 2.41. The number of fused-ring (bicyclic) bond motifs is 4. The SMILES string of the molecule is CCCn1cc2c(C3C(=O)Nc4ccc(Br)cc43)nc(Cl)nc2n1.CCCn1cc2c(C3C(=O)Nc4ccc(Br)cc43)nc(NCCCN(C)C)nc2n1.CN(C)CCCN. The maximum atomic E-state index is 12.9. The number of anilines is 3. The number of nitrogens with two attached hydrogens (primary N) is 1. The van der Waals surface area contributed by atoms with Crippen LogP contribution in [-0.2, 0) is 22.7 Å². The average Bonchev–Trinajstić information content (AvgIpc) is 3.97. The van der Waals surface area contributed by atoms with E-state index in [1.165, 1.54) is 0 Å². The lowest BCUT2D eigenvalue weighted by Crippen LogP contribution is -2.18. The van der Waals surface area contributed by atoms with Gasteiger partial charge in [0, 0.05) is 52.3 Å². The van der Waals surface area contributed by atoms with E-state index in [1.54, 1.807) is 0 Å². The zero-order chi connectivity index (χ0) is 43.8. The second-order valence-electron chi connectivity index (χ2n) is 15.4. The third-order valence-corrected chi connectivity index (χ3v) is 11.1. The summed E-state index contributed by atoms with van der Waals surface area (Å²) in [6.07, 6.45) is 7.82. The molecule has 2 aromatic carbocycles. The molecule has 0 bridgehead atoms. The smallest absolute Gasteiger partial charge is 0.238 e. The van der Waals surface area contributed by atoms with Crippen molar-refractivity contribution in [1.29, 1.82) is 0 Å². The molecule has 0 spiro atoms. The minimum Gasteiger partial charge on any atom is -0.354 e. The molecule has 2 unspecified atom stereocenters. The van der Waals surface area contributed by atoms with Gasteiger partial charge < -0.3 is 31.5 Å². The summed E-state index contributed by atoms with van der Waals surface area (Å²) in [7, 11) is 8.20. The topological polar surface area (TPSA) is 190 Å². The summed E-state index contributed by atoms with van der Waals surface area (Å²) >= 11 is 13.1. The van der Waals surface area contributed by atoms with Crippen molar-refractivity contribution < 1.29 is 9.59 Å². The first-order valence-electron chi connectivity index (χ1n) is 20.4. The normalized spacial score (nSPS) is 15.3. The molecule has 0 radical (unpaired) electrons. The molecule has 19 heteroatoms. The summed E-state index contributed by atoms with van der Waals surface area (Å²) in [6, 6.07) is 11.5. The maximum Gasteiger partial charge on any atom is 0.238 e. The standard InChI is InChI=1S/C21H26BrN7O.C16H13BrClN5O.C5H14N2/c1-4-9-29-12-15-18(17-14-11-13(22)6-7-16(14)24-20(17)30)25-21(26-19(15)27-29)23-8-5-10-28(2)3;1-2-5-23-7-10-13(20-16(18)21-14(10)22-23)12-9-6-8(17)3-4-11(9)19-15(12)24;1-7(2)5-3-4-6/h6-7,11-12,17H,4-5,8-10H2,1-3H3,(H,24,30)(H,23,26,27);3-4,6-7,12H,2,5H2,1H3,(H,19,24);3-6H2,1-2H3. The van der Waals surface area contributed by atoms with E-state index in [1.807, 2.05) is 58.2 Å². The Labute approximate surface area is 377 Å². The second kappa shape index (κ2) is 21.0. The fourth-order valence-electron chi connectivity index (χ4n) is 7.14. The van der Waals surface area contributed by atoms with Crippen molar-refractivity contribution in [1.82, 2.24) is 49.3 Å². The van der Waals surface area contributed by atoms with Crippen LogP contribution in [0, 0.1) is 0 Å². The zero-order valence-corrected chi connectivity index (χ0v) is 39.3. The number of amides is 2. The van der Waals surface area contributed by atoms with Crippen LogP contribution in [0.4, 0.5) is 17.3 Å². The summed E-state index contributed by atoms with van der Waals surface area (Å²) in [5.74, 6) is -0.717. The average molecular weight is 981 g/mol. The van der Waals surface area contributed by atoms with Gasteiger partial charge in [-0.25, -0.2) is 9.97 Å². The molecule has 324 valence electrons. The van der Waals surface area contributed by atoms with Crippen molar-refractivity contribution in [2.24, 2.45) is 5.73 Å². The number of benzene rings is 2. The van der Waals surface area contributed by atoms with Crippen molar-refractivity contribution in [2.45, 2.75) is 64.5 Å². The number of hydrogen-bond acceptors (Lipinski definition) is 12. The molecule has 2 amide bonds. The summed E-state index contributed by atoms with van der Waals surface area (Å²) in [6.45, 7) is 9.37. The Morgan fingerprint density at radius 2 is 1.23 bits per heavy atom. The fourth-order valence-corrected chi connectivity index (χ4v) is 8.07. The van der Waals surface area contributed by atoms with Gasteiger partial charge in [0.25, 0.3) is 0 Å². The lowest BCUT2D eigenvalue weighted by atomic mass is 9.95. The van der Waals surface area contributed by atoms with Crippen molar-refractivity contribution in [3.05, 3.63) is 85.5 Å². The Morgan fingerprint density at radius 3 is 1.70 bits per heavy atom. The minimum atomic E-state index is -0.528. The number of halogens is 3. The predicted octanol–water partition coefficient (Wildman–Crippen LogP) is 7.08. The van der Waals surface area contributed by atoms with E-state index in [9.17, 15) is 9.59 Å². The third kappa shape index (κ3) is 11.3. The minimum absolute atomic E-state index is 0.0788. The molecule has 0 saturated heterocycles. The van der Waals surface area contributed by atoms with Crippen LogP contribution >= 0.6 is 43.5 Å². The molecule has 16 nitrogen and oxygen atoms in total. The molecule has 2 aliphatic heterocycles. The molecule has 0 saturated carbocycles. The summed E-state index contributed by atoms with van der Waals surface area (Å²) in [5.41, 5.74) is 11.0. The van der Waals surface area contributed by atoms with Gasteiger partial charge in [0.2, 0.25) is 23.0 Å². The Hall–Kier alpha value is -4.59. The molecule has 4 aromatic heterocycles. The number of rotatable bonds is 14. The molecule has 61 heavy (non-hydrogen) atoms. The molecule has 2 atom stereocenters. The quantitative estimate of drug-likeness (QED) is 0.0643. The monoisotopic (exact) mass is 978 g/mol. The van der Waals surface area contributed by atoms with Crippen LogP contribution in [0.15, 0.2) is 57.7 Å². The van der Waals surface area contributed by atoms with E-state index in [2.05, 4.69) is 125 Å². The molecular weight excluding hydrogens is 928 g/mol. The summed E-state index contributed by atoms with van der Waals surface area (Å²) < 4.78 is 5.53. The predicted molar refractivity (Wildman–Crippen MR) is 249 cm³/mol. The Bertz CT molecular complexity index is 2490. The summed E-state index contributed by atoms with van der Waals surface area (Å²) in [5, 5.41) is 19.9. The lowest BCUT2D eigenvalue weighted by Gasteiger charge is -2.13. The number of aryl methyl sites for hydroxylation is 2. The highest BCUT2D eigenvalue weighted by Gasteiger charge is 2.37. The molecule has 8 rings (SSSR count). The van der Waals surface area contributed by atoms with Crippen LogP contribution in [0.5, 0.6) is 0 Å². The van der Waals surface area contributed by atoms with Gasteiger partial charge in [-0.1, -0.05) is 45.7 Å². The van der Waals surface area contributed by atoms with E-state index in [4.69, 9.17) is 22.3 Å². The van der Waals surface area contributed by atoms with Gasteiger partial charge in [0.15, 0.2) is 11.3 Å². The first-order valence-corrected chi connectivity index (χ1v) is 22.4. The van der Waals surface area contributed by atoms with Crippen LogP contribution in [0.3, 0.4) is 0 Å². The van der Waals surface area contributed by atoms with Gasteiger partial charge in [-0.15, -0.1) is 0 Å². The summed E-state index contributed by atoms with van der Waals surface area (Å²) in [4.78, 5) is 47.7. The van der Waals surface area contributed by atoms with Crippen molar-refractivity contribution in [3.63, 3.8) is 0 Å². The number of carbonyl (C=O) groups excluding carboxylic acids is 2. The van der Waals surface area contributed by atoms with E-state index < -0.39 is 11.8 Å². The van der Waals surface area contributed by atoms with Crippen LogP contribution in [-0.4, -0.2) is 115 Å². The maximum absolute atomic E-state index is 12.9. The Balaban J connectivity index is 0.000000180. The van der Waals surface area contributed by atoms with E-state index >= 15 is 0 Å². The van der Waals surface area contributed by atoms with Gasteiger partial charge in [-0.05, 0) is 133 Å². The molecule has 5 N–H and O–H groups in total. The van der Waals surface area contributed by atoms with Gasteiger partial charge in [0.1, 0.15) is 11.8 Å². The fraction of sp³-hybridized carbons (Fsp3) is 0.429. The first kappa shape index (κ1) is 45.9. The zero-order valence-electron chi connectivity index (χ0n) is 35.3. The first-order chi connectivity index (χ1) is 29.3. The van der Waals surface area contributed by atoms with Crippen molar-refractivity contribution in [2.75, 3.05) is 70.3 Å².